The molecule has 2 saturated heterocycles. The maximum atomic E-state index is 13.1. The summed E-state index contributed by atoms with van der Waals surface area (Å²) >= 11 is 7.29. The summed E-state index contributed by atoms with van der Waals surface area (Å²) in [6.45, 7) is 6.24. The smallest absolute Gasteiger partial charge is 0.247 e. The van der Waals surface area contributed by atoms with Gasteiger partial charge in [0.15, 0.2) is 0 Å². The van der Waals surface area contributed by atoms with Crippen LogP contribution in [0.1, 0.15) is 31.1 Å². The first kappa shape index (κ1) is 25.4. The molecule has 1 aromatic rings. The Morgan fingerprint density at radius 2 is 2.06 bits per heavy atom. The van der Waals surface area contributed by atoms with Crippen molar-refractivity contribution in [1.82, 2.24) is 14.5 Å². The zero-order chi connectivity index (χ0) is 23.3. The van der Waals surface area contributed by atoms with Crippen molar-refractivity contribution in [2.75, 3.05) is 51.8 Å². The van der Waals surface area contributed by atoms with Gasteiger partial charge < -0.3 is 19.3 Å². The molecule has 9 nitrogen and oxygen atoms in total. The Kier molecular flexibility index (Phi) is 8.93. The van der Waals surface area contributed by atoms with Gasteiger partial charge in [0.05, 0.1) is 29.9 Å². The predicted octanol–water partition coefficient (Wildman–Crippen LogP) is 1.29. The predicted molar refractivity (Wildman–Crippen MR) is 122 cm³/mol. The lowest BCUT2D eigenvalue weighted by atomic mass is 10.2. The minimum Gasteiger partial charge on any atom is -0.379 e. The van der Waals surface area contributed by atoms with E-state index in [9.17, 15) is 18.0 Å². The number of carbonyl (C=O) groups excluding carboxylic acids is 2. The van der Waals surface area contributed by atoms with Crippen LogP contribution in [0.15, 0.2) is 12.1 Å². The van der Waals surface area contributed by atoms with Crippen LogP contribution in [0.25, 0.3) is 0 Å². The molecule has 0 aliphatic carbocycles. The number of nitrogens with zero attached hydrogens (tertiary/aromatic N) is 2. The van der Waals surface area contributed by atoms with Crippen LogP contribution in [0.3, 0.4) is 0 Å². The molecule has 32 heavy (non-hydrogen) atoms. The Morgan fingerprint density at radius 3 is 2.69 bits per heavy atom. The molecular formula is C20H30ClN3O6S2. The summed E-state index contributed by atoms with van der Waals surface area (Å²) < 4.78 is 39.4. The van der Waals surface area contributed by atoms with E-state index in [4.69, 9.17) is 21.1 Å². The van der Waals surface area contributed by atoms with E-state index in [-0.39, 0.29) is 30.7 Å². The van der Waals surface area contributed by atoms with E-state index in [1.54, 1.807) is 11.0 Å². The Morgan fingerprint density at radius 1 is 1.34 bits per heavy atom. The molecule has 3 atom stereocenters. The molecule has 0 radical (unpaired) electrons. The number of morpholine rings is 1. The van der Waals surface area contributed by atoms with Gasteiger partial charge in [-0.25, -0.2) is 13.1 Å². The van der Waals surface area contributed by atoms with Crippen molar-refractivity contribution in [3.8, 4) is 0 Å². The van der Waals surface area contributed by atoms with Crippen molar-refractivity contribution in [1.29, 1.82) is 0 Å². The number of carbonyl (C=O) groups is 2. The lowest BCUT2D eigenvalue weighted by Gasteiger charge is -2.34. The number of halogens is 1. The Hall–Kier alpha value is -1.24. The summed E-state index contributed by atoms with van der Waals surface area (Å²) in [4.78, 5) is 30.1. The zero-order valence-corrected chi connectivity index (χ0v) is 20.7. The highest BCUT2D eigenvalue weighted by Crippen LogP contribution is 2.29. The number of hydrogen-bond donors (Lipinski definition) is 1. The maximum Gasteiger partial charge on any atom is 0.247 e. The number of rotatable bonds is 10. The molecule has 2 amide bonds. The molecule has 0 saturated carbocycles. The molecule has 3 rings (SSSR count). The SMILES string of the molecule is CCOC[C@@H](C(=O)N1CCOCC1)N1CC[C@H](NS(=O)(=O)CC(C)c2ccc(Cl)s2)C1=O. The van der Waals surface area contributed by atoms with Crippen molar-refractivity contribution in [3.63, 3.8) is 0 Å². The third-order valence-electron chi connectivity index (χ3n) is 5.57. The normalized spacial score (nSPS) is 21.7. The van der Waals surface area contributed by atoms with Gasteiger partial charge in [-0.3, -0.25) is 9.59 Å². The van der Waals surface area contributed by atoms with Gasteiger partial charge >= 0.3 is 0 Å². The van der Waals surface area contributed by atoms with Gasteiger partial charge in [-0.1, -0.05) is 18.5 Å². The van der Waals surface area contributed by atoms with Crippen LogP contribution in [0.4, 0.5) is 0 Å². The first-order valence-corrected chi connectivity index (χ1v) is 13.6. The van der Waals surface area contributed by atoms with Crippen LogP contribution in [0.2, 0.25) is 4.34 Å². The Labute approximate surface area is 198 Å². The minimum atomic E-state index is -3.72. The average molecular weight is 508 g/mol. The fraction of sp³-hybridized carbons (Fsp3) is 0.700. The second-order valence-corrected chi connectivity index (χ2v) is 11.5. The zero-order valence-electron chi connectivity index (χ0n) is 18.3. The first-order valence-electron chi connectivity index (χ1n) is 10.7. The molecule has 2 fully saturated rings. The van der Waals surface area contributed by atoms with Gasteiger partial charge in [0.1, 0.15) is 12.1 Å². The lowest BCUT2D eigenvalue weighted by Crippen LogP contribution is -2.55. The van der Waals surface area contributed by atoms with Crippen LogP contribution >= 0.6 is 22.9 Å². The molecule has 12 heteroatoms. The molecule has 2 aliphatic heterocycles. The first-order chi connectivity index (χ1) is 15.2. The highest BCUT2D eigenvalue weighted by molar-refractivity contribution is 7.89. The summed E-state index contributed by atoms with van der Waals surface area (Å²) in [5.74, 6) is -0.998. The molecule has 3 heterocycles. The van der Waals surface area contributed by atoms with Gasteiger partial charge in [0.25, 0.3) is 0 Å². The summed E-state index contributed by atoms with van der Waals surface area (Å²) in [5, 5.41) is 0. The van der Waals surface area contributed by atoms with E-state index in [1.807, 2.05) is 19.9 Å². The third kappa shape index (κ3) is 6.42. The second-order valence-electron chi connectivity index (χ2n) is 7.93. The highest BCUT2D eigenvalue weighted by atomic mass is 35.5. The fourth-order valence-electron chi connectivity index (χ4n) is 3.91. The van der Waals surface area contributed by atoms with E-state index in [0.29, 0.717) is 43.7 Å². The van der Waals surface area contributed by atoms with Crippen molar-refractivity contribution in [2.24, 2.45) is 0 Å². The van der Waals surface area contributed by atoms with Crippen molar-refractivity contribution >= 4 is 44.8 Å². The molecule has 0 bridgehead atoms. The second kappa shape index (κ2) is 11.3. The largest absolute Gasteiger partial charge is 0.379 e. The molecular weight excluding hydrogens is 478 g/mol. The summed E-state index contributed by atoms with van der Waals surface area (Å²) in [6, 6.07) is 1.88. The van der Waals surface area contributed by atoms with Crippen LogP contribution in [0, 0.1) is 0 Å². The average Bonchev–Trinajstić information content (AvgIpc) is 3.35. The highest BCUT2D eigenvalue weighted by Gasteiger charge is 2.42. The van der Waals surface area contributed by atoms with E-state index in [1.165, 1.54) is 16.2 Å². The maximum absolute atomic E-state index is 13.1. The number of likely N-dealkylation sites (tertiary alicyclic amines) is 1. The number of sulfonamides is 1. The molecule has 1 aromatic heterocycles. The summed E-state index contributed by atoms with van der Waals surface area (Å²) in [5.41, 5.74) is 0. The Bertz CT molecular complexity index is 903. The lowest BCUT2D eigenvalue weighted by molar-refractivity contribution is -0.149. The van der Waals surface area contributed by atoms with E-state index in [2.05, 4.69) is 4.72 Å². The topological polar surface area (TPSA) is 105 Å². The molecule has 0 spiro atoms. The van der Waals surface area contributed by atoms with Gasteiger partial charge in [-0.15, -0.1) is 11.3 Å². The molecule has 1 N–H and O–H groups in total. The van der Waals surface area contributed by atoms with Crippen molar-refractivity contribution in [2.45, 2.75) is 38.3 Å². The van der Waals surface area contributed by atoms with E-state index < -0.39 is 28.0 Å². The fourth-order valence-corrected chi connectivity index (χ4v) is 6.71. The van der Waals surface area contributed by atoms with E-state index in [0.717, 1.165) is 4.88 Å². The Balaban J connectivity index is 1.64. The standard InChI is InChI=1S/C20H30ClN3O6S2/c1-3-29-12-16(20(26)23-8-10-30-11-9-23)24-7-6-15(19(24)25)22-32(27,28)13-14(2)17-4-5-18(21)31-17/h4-5,14-16,22H,3,6-13H2,1-2H3/t14?,15-,16-/m0/s1. The quantitative estimate of drug-likeness (QED) is 0.511. The molecule has 180 valence electrons. The number of thiophene rings is 1. The van der Waals surface area contributed by atoms with Crippen LogP contribution < -0.4 is 4.72 Å². The molecule has 1 unspecified atom stereocenters. The third-order valence-corrected chi connectivity index (χ3v) is 8.62. The molecule has 0 aromatic carbocycles. The summed E-state index contributed by atoms with van der Waals surface area (Å²) in [6.07, 6.45) is 0.302. The van der Waals surface area contributed by atoms with Crippen molar-refractivity contribution in [3.05, 3.63) is 21.3 Å². The van der Waals surface area contributed by atoms with Crippen molar-refractivity contribution < 1.29 is 27.5 Å². The van der Waals surface area contributed by atoms with Crippen LogP contribution in [0.5, 0.6) is 0 Å². The van der Waals surface area contributed by atoms with Gasteiger partial charge in [0.2, 0.25) is 21.8 Å². The van der Waals surface area contributed by atoms with Crippen LogP contribution in [-0.2, 0) is 29.1 Å². The number of nitrogens with one attached hydrogen (secondary N) is 1. The number of amides is 2. The minimum absolute atomic E-state index is 0.0775. The van der Waals surface area contributed by atoms with Crippen LogP contribution in [-0.4, -0.2) is 93.9 Å². The van der Waals surface area contributed by atoms with Gasteiger partial charge in [-0.2, -0.15) is 0 Å². The van der Waals surface area contributed by atoms with Gasteiger partial charge in [-0.05, 0) is 25.5 Å². The van der Waals surface area contributed by atoms with Gasteiger partial charge in [0, 0.05) is 37.0 Å². The monoisotopic (exact) mass is 507 g/mol. The van der Waals surface area contributed by atoms with E-state index >= 15 is 0 Å². The number of hydrogen-bond acceptors (Lipinski definition) is 7. The summed E-state index contributed by atoms with van der Waals surface area (Å²) in [7, 11) is -3.72. The number of ether oxygens (including phenoxy) is 2. The molecule has 2 aliphatic rings.